The number of carbonyl (C=O) groups excluding carboxylic acids is 1. The number of aliphatic hydroxyl groups is 1. The molecule has 0 saturated heterocycles. The van der Waals surface area contributed by atoms with Gasteiger partial charge < -0.3 is 15.2 Å². The summed E-state index contributed by atoms with van der Waals surface area (Å²) in [5, 5.41) is 16.0. The summed E-state index contributed by atoms with van der Waals surface area (Å²) in [4.78, 5) is 33.7. The molecule has 2 heterocycles. The smallest absolute Gasteiger partial charge is 0.354 e. The average Bonchev–Trinajstić information content (AvgIpc) is 3.05. The Labute approximate surface area is 177 Å². The number of ether oxygens (including phenoxy) is 1. The Morgan fingerprint density at radius 2 is 2.00 bits per heavy atom. The Morgan fingerprint density at radius 1 is 1.29 bits per heavy atom. The number of hydrogen-bond acceptors (Lipinski definition) is 7. The van der Waals surface area contributed by atoms with Crippen LogP contribution in [0.15, 0.2) is 35.4 Å². The van der Waals surface area contributed by atoms with E-state index in [9.17, 15) is 14.0 Å². The summed E-state index contributed by atoms with van der Waals surface area (Å²) in [5.41, 5.74) is 0.439. The number of aromatic nitrogens is 5. The van der Waals surface area contributed by atoms with Gasteiger partial charge in [0.2, 0.25) is 5.91 Å². The van der Waals surface area contributed by atoms with Gasteiger partial charge in [-0.25, -0.2) is 19.2 Å². The van der Waals surface area contributed by atoms with Gasteiger partial charge in [0.25, 0.3) is 5.95 Å². The fraction of sp³-hybridized carbons (Fsp3) is 0.350. The molecule has 31 heavy (non-hydrogen) atoms. The van der Waals surface area contributed by atoms with Crippen LogP contribution in [0.1, 0.15) is 19.4 Å². The summed E-state index contributed by atoms with van der Waals surface area (Å²) in [7, 11) is 1.33. The van der Waals surface area contributed by atoms with Crippen molar-refractivity contribution in [2.45, 2.75) is 32.9 Å². The van der Waals surface area contributed by atoms with E-state index in [1.807, 2.05) is 0 Å². The summed E-state index contributed by atoms with van der Waals surface area (Å²) in [6.45, 7) is 3.25. The number of nitrogens with zero attached hydrogens (tertiary/aromatic N) is 5. The molecule has 1 amide bonds. The van der Waals surface area contributed by atoms with Crippen LogP contribution in [0.2, 0.25) is 0 Å². The minimum Gasteiger partial charge on any atom is -0.494 e. The van der Waals surface area contributed by atoms with Crippen LogP contribution in [0.5, 0.6) is 5.75 Å². The van der Waals surface area contributed by atoms with Crippen LogP contribution in [-0.2, 0) is 17.8 Å². The van der Waals surface area contributed by atoms with E-state index in [1.54, 1.807) is 13.8 Å². The molecule has 0 atom stereocenters. The molecule has 0 unspecified atom stereocenters. The van der Waals surface area contributed by atoms with Crippen LogP contribution < -0.4 is 15.7 Å². The predicted octanol–water partition coefficient (Wildman–Crippen LogP) is 0.698. The predicted molar refractivity (Wildman–Crippen MR) is 109 cm³/mol. The SMILES string of the molecule is COc1cc(-c2nn(-c3ncc(CCO)cn3)c(=O)n2CC(=O)NC(C)C)ccc1F. The van der Waals surface area contributed by atoms with Crippen molar-refractivity contribution in [2.24, 2.45) is 0 Å². The van der Waals surface area contributed by atoms with Crippen molar-refractivity contribution in [3.8, 4) is 23.1 Å². The summed E-state index contributed by atoms with van der Waals surface area (Å²) in [5.74, 6) is -0.844. The minimum atomic E-state index is -0.632. The Hall–Kier alpha value is -3.60. The van der Waals surface area contributed by atoms with E-state index in [4.69, 9.17) is 9.84 Å². The molecule has 2 aromatic heterocycles. The molecular weight excluding hydrogens is 407 g/mol. The standard InChI is InChI=1S/C20H23FN6O4/c1-12(2)24-17(29)11-26-18(14-4-5-15(21)16(8-14)31-3)25-27(20(26)30)19-22-9-13(6-7-28)10-23-19/h4-5,8-10,12,28H,6-7,11H2,1-3H3,(H,24,29). The van der Waals surface area contributed by atoms with Crippen LogP contribution in [0.4, 0.5) is 4.39 Å². The lowest BCUT2D eigenvalue weighted by molar-refractivity contribution is -0.122. The van der Waals surface area contributed by atoms with Crippen molar-refractivity contribution < 1.29 is 19.0 Å². The molecule has 164 valence electrons. The fourth-order valence-corrected chi connectivity index (χ4v) is 2.91. The quantitative estimate of drug-likeness (QED) is 0.539. The number of nitrogens with one attached hydrogen (secondary N) is 1. The van der Waals surface area contributed by atoms with Gasteiger partial charge in [-0.1, -0.05) is 0 Å². The second-order valence-electron chi connectivity index (χ2n) is 7.04. The number of aliphatic hydroxyl groups excluding tert-OH is 1. The second kappa shape index (κ2) is 9.47. The van der Waals surface area contributed by atoms with Gasteiger partial charge in [-0.2, -0.15) is 0 Å². The van der Waals surface area contributed by atoms with Crippen molar-refractivity contribution in [1.29, 1.82) is 0 Å². The van der Waals surface area contributed by atoms with E-state index in [2.05, 4.69) is 20.4 Å². The van der Waals surface area contributed by atoms with Crippen LogP contribution >= 0.6 is 0 Å². The molecule has 11 heteroatoms. The third-order valence-corrected chi connectivity index (χ3v) is 4.30. The maximum Gasteiger partial charge on any atom is 0.354 e. The van der Waals surface area contributed by atoms with Gasteiger partial charge in [-0.05, 0) is 44.0 Å². The Bertz CT molecular complexity index is 1120. The van der Waals surface area contributed by atoms with Crippen molar-refractivity contribution >= 4 is 5.91 Å². The molecule has 0 bridgehead atoms. The molecule has 3 aromatic rings. The molecule has 0 spiro atoms. The first kappa shape index (κ1) is 22.1. The third kappa shape index (κ3) is 4.94. The van der Waals surface area contributed by atoms with Gasteiger partial charge >= 0.3 is 5.69 Å². The molecule has 0 radical (unpaired) electrons. The van der Waals surface area contributed by atoms with Crippen LogP contribution in [-0.4, -0.2) is 55.1 Å². The molecule has 1 aromatic carbocycles. The lowest BCUT2D eigenvalue weighted by Gasteiger charge is -2.10. The number of halogens is 1. The molecular formula is C20H23FN6O4. The van der Waals surface area contributed by atoms with Crippen molar-refractivity contribution in [2.75, 3.05) is 13.7 Å². The summed E-state index contributed by atoms with van der Waals surface area (Å²) in [6, 6.07) is 3.90. The first-order valence-corrected chi connectivity index (χ1v) is 9.59. The zero-order valence-corrected chi connectivity index (χ0v) is 17.4. The highest BCUT2D eigenvalue weighted by Gasteiger charge is 2.21. The number of methoxy groups -OCH3 is 1. The Morgan fingerprint density at radius 3 is 2.61 bits per heavy atom. The average molecular weight is 430 g/mol. The van der Waals surface area contributed by atoms with Crippen molar-refractivity contribution in [3.05, 3.63) is 52.5 Å². The van der Waals surface area contributed by atoms with E-state index in [0.29, 0.717) is 17.5 Å². The molecule has 3 rings (SSSR count). The fourth-order valence-electron chi connectivity index (χ4n) is 2.91. The van der Waals surface area contributed by atoms with Gasteiger partial charge in [0.15, 0.2) is 17.4 Å². The zero-order valence-electron chi connectivity index (χ0n) is 17.4. The number of carbonyl (C=O) groups is 1. The van der Waals surface area contributed by atoms with Gasteiger partial charge in [0, 0.05) is 30.6 Å². The highest BCUT2D eigenvalue weighted by Crippen LogP contribution is 2.25. The summed E-state index contributed by atoms with van der Waals surface area (Å²) in [6.07, 6.45) is 3.34. The molecule has 2 N–H and O–H groups in total. The first-order valence-electron chi connectivity index (χ1n) is 9.59. The van der Waals surface area contributed by atoms with E-state index >= 15 is 0 Å². The van der Waals surface area contributed by atoms with Crippen molar-refractivity contribution in [1.82, 2.24) is 29.6 Å². The number of amides is 1. The largest absolute Gasteiger partial charge is 0.494 e. The maximum atomic E-state index is 13.9. The highest BCUT2D eigenvalue weighted by atomic mass is 19.1. The van der Waals surface area contributed by atoms with Crippen LogP contribution in [0.3, 0.4) is 0 Å². The van der Waals surface area contributed by atoms with Crippen LogP contribution in [0.25, 0.3) is 17.3 Å². The van der Waals surface area contributed by atoms with Gasteiger partial charge in [-0.15, -0.1) is 9.78 Å². The number of hydrogen-bond donors (Lipinski definition) is 2. The van der Waals surface area contributed by atoms with E-state index in [1.165, 1.54) is 37.7 Å². The van der Waals surface area contributed by atoms with Gasteiger partial charge in [0.05, 0.1) is 7.11 Å². The topological polar surface area (TPSA) is 124 Å². The summed E-state index contributed by atoms with van der Waals surface area (Å²) >= 11 is 0. The normalized spacial score (nSPS) is 11.0. The minimum absolute atomic E-state index is 0.00466. The third-order valence-electron chi connectivity index (χ3n) is 4.30. The summed E-state index contributed by atoms with van der Waals surface area (Å²) < 4.78 is 21.0. The highest BCUT2D eigenvalue weighted by molar-refractivity contribution is 5.76. The molecule has 0 saturated carbocycles. The van der Waals surface area contributed by atoms with Crippen molar-refractivity contribution in [3.63, 3.8) is 0 Å². The van der Waals surface area contributed by atoms with Gasteiger partial charge in [-0.3, -0.25) is 9.36 Å². The number of benzene rings is 1. The van der Waals surface area contributed by atoms with Crippen LogP contribution in [0, 0.1) is 5.82 Å². The first-order chi connectivity index (χ1) is 14.8. The molecule has 0 aliphatic carbocycles. The monoisotopic (exact) mass is 430 g/mol. The number of rotatable bonds is 8. The Kier molecular flexibility index (Phi) is 6.75. The Balaban J connectivity index is 2.10. The molecule has 0 aliphatic rings. The van der Waals surface area contributed by atoms with E-state index in [0.717, 1.165) is 9.25 Å². The zero-order chi connectivity index (χ0) is 22.5. The lowest BCUT2D eigenvalue weighted by Crippen LogP contribution is -2.36. The molecule has 0 aliphatic heterocycles. The second-order valence-corrected chi connectivity index (χ2v) is 7.04. The molecule has 0 fully saturated rings. The lowest BCUT2D eigenvalue weighted by atomic mass is 10.2. The van der Waals surface area contributed by atoms with Gasteiger partial charge in [0.1, 0.15) is 6.54 Å². The molecule has 10 nitrogen and oxygen atoms in total. The maximum absolute atomic E-state index is 13.9. The van der Waals surface area contributed by atoms with E-state index < -0.39 is 11.5 Å². The van der Waals surface area contributed by atoms with E-state index in [-0.39, 0.29) is 42.6 Å².